The Kier molecular flexibility index (Phi) is 6.50. The number of pyridine rings is 1. The van der Waals surface area contributed by atoms with Crippen molar-refractivity contribution in [3.63, 3.8) is 0 Å². The highest BCUT2D eigenvalue weighted by molar-refractivity contribution is 7.99. The van der Waals surface area contributed by atoms with Crippen LogP contribution in [-0.2, 0) is 24.6 Å². The number of nitrogens with zero attached hydrogens (tertiary/aromatic N) is 7. The van der Waals surface area contributed by atoms with Gasteiger partial charge in [-0.1, -0.05) is 11.8 Å². The molecule has 3 aromatic heterocycles. The maximum absolute atomic E-state index is 13.0. The van der Waals surface area contributed by atoms with Crippen molar-refractivity contribution in [1.29, 1.82) is 0 Å². The van der Waals surface area contributed by atoms with E-state index >= 15 is 0 Å². The van der Waals surface area contributed by atoms with Crippen LogP contribution in [-0.4, -0.2) is 47.4 Å². The van der Waals surface area contributed by atoms with Crippen molar-refractivity contribution in [3.05, 3.63) is 41.9 Å². The Morgan fingerprint density at radius 2 is 2.03 bits per heavy atom. The summed E-state index contributed by atoms with van der Waals surface area (Å²) in [7, 11) is 1.21. The lowest BCUT2D eigenvalue weighted by molar-refractivity contribution is -0.143. The largest absolute Gasteiger partial charge is 0.433 e. The summed E-state index contributed by atoms with van der Waals surface area (Å²) in [6.45, 7) is 2.19. The minimum Gasteiger partial charge on any atom is -0.301 e. The molecule has 1 amide bonds. The third-order valence-corrected chi connectivity index (χ3v) is 4.84. The van der Waals surface area contributed by atoms with Gasteiger partial charge in [-0.2, -0.15) is 23.4 Å². The lowest BCUT2D eigenvalue weighted by Crippen LogP contribution is -2.20. The van der Waals surface area contributed by atoms with Crippen LogP contribution in [0, 0.1) is 0 Å². The number of halogens is 3. The third kappa shape index (κ3) is 5.03. The highest BCUT2D eigenvalue weighted by atomic mass is 32.2. The van der Waals surface area contributed by atoms with Gasteiger partial charge in [-0.25, -0.2) is 5.43 Å². The molecule has 1 N–H and O–H groups in total. The van der Waals surface area contributed by atoms with E-state index in [0.717, 1.165) is 28.1 Å². The van der Waals surface area contributed by atoms with Crippen LogP contribution < -0.4 is 5.43 Å². The molecular formula is C17H17F3N8OS. The first kappa shape index (κ1) is 21.5. The van der Waals surface area contributed by atoms with E-state index < -0.39 is 11.9 Å². The Balaban J connectivity index is 1.66. The number of amides is 1. The van der Waals surface area contributed by atoms with Gasteiger partial charge in [-0.3, -0.25) is 14.5 Å². The fourth-order valence-corrected chi connectivity index (χ4v) is 3.30. The summed E-state index contributed by atoms with van der Waals surface area (Å²) in [5.74, 6) is -0.168. The molecule has 0 unspecified atom stereocenters. The zero-order valence-electron chi connectivity index (χ0n) is 16.0. The third-order valence-electron chi connectivity index (χ3n) is 3.87. The Bertz CT molecular complexity index is 1050. The predicted molar refractivity (Wildman–Crippen MR) is 104 cm³/mol. The molecule has 0 atom stereocenters. The molecule has 0 aliphatic heterocycles. The van der Waals surface area contributed by atoms with E-state index in [-0.39, 0.29) is 23.2 Å². The van der Waals surface area contributed by atoms with Crippen LogP contribution in [0.2, 0.25) is 0 Å². The zero-order valence-corrected chi connectivity index (χ0v) is 16.8. The number of aromatic nitrogens is 6. The van der Waals surface area contributed by atoms with Crippen molar-refractivity contribution in [2.75, 3.05) is 5.75 Å². The Labute approximate surface area is 173 Å². The van der Waals surface area contributed by atoms with Crippen molar-refractivity contribution >= 4 is 23.9 Å². The smallest absolute Gasteiger partial charge is 0.301 e. The van der Waals surface area contributed by atoms with Crippen LogP contribution in [0.5, 0.6) is 0 Å². The minimum absolute atomic E-state index is 0.00182. The SMILES string of the molecule is CCn1c(SCC(=O)N/N=C\c2ccncc2)nnc1-c1cc(C(F)(F)F)n(C)n1. The molecule has 0 fully saturated rings. The molecule has 3 heterocycles. The van der Waals surface area contributed by atoms with Crippen LogP contribution in [0.25, 0.3) is 11.5 Å². The highest BCUT2D eigenvalue weighted by Gasteiger charge is 2.35. The molecule has 0 saturated heterocycles. The van der Waals surface area contributed by atoms with Crippen molar-refractivity contribution in [1.82, 2.24) is 35.0 Å². The molecule has 0 aliphatic rings. The summed E-state index contributed by atoms with van der Waals surface area (Å²) in [6, 6.07) is 4.39. The first-order valence-electron chi connectivity index (χ1n) is 8.69. The second-order valence-electron chi connectivity index (χ2n) is 5.95. The van der Waals surface area contributed by atoms with E-state index in [0.29, 0.717) is 11.7 Å². The quantitative estimate of drug-likeness (QED) is 0.345. The molecule has 3 aromatic rings. The second kappa shape index (κ2) is 9.07. The monoisotopic (exact) mass is 438 g/mol. The predicted octanol–water partition coefficient (Wildman–Crippen LogP) is 2.35. The van der Waals surface area contributed by atoms with E-state index in [1.54, 1.807) is 36.0 Å². The number of thioether (sulfide) groups is 1. The van der Waals surface area contributed by atoms with Crippen LogP contribution in [0.15, 0.2) is 40.9 Å². The second-order valence-corrected chi connectivity index (χ2v) is 6.89. The summed E-state index contributed by atoms with van der Waals surface area (Å²) in [5, 5.41) is 16.1. The number of aryl methyl sites for hydroxylation is 1. The minimum atomic E-state index is -4.52. The lowest BCUT2D eigenvalue weighted by Gasteiger charge is -2.05. The Morgan fingerprint density at radius 3 is 2.67 bits per heavy atom. The first-order chi connectivity index (χ1) is 14.3. The zero-order chi connectivity index (χ0) is 21.7. The number of carbonyl (C=O) groups excluding carboxylic acids is 1. The number of hydrazone groups is 1. The number of nitrogens with one attached hydrogen (secondary N) is 1. The van der Waals surface area contributed by atoms with Gasteiger partial charge in [-0.05, 0) is 30.7 Å². The van der Waals surface area contributed by atoms with Gasteiger partial charge in [0, 0.05) is 26.0 Å². The van der Waals surface area contributed by atoms with Gasteiger partial charge >= 0.3 is 6.18 Å². The number of hydrogen-bond acceptors (Lipinski definition) is 7. The first-order valence-corrected chi connectivity index (χ1v) is 9.67. The van der Waals surface area contributed by atoms with Crippen molar-refractivity contribution < 1.29 is 18.0 Å². The summed E-state index contributed by atoms with van der Waals surface area (Å²) in [4.78, 5) is 15.9. The number of rotatable bonds is 7. The normalized spacial score (nSPS) is 11.9. The van der Waals surface area contributed by atoms with Crippen LogP contribution in [0.4, 0.5) is 13.2 Å². The fraction of sp³-hybridized carbons (Fsp3) is 0.294. The van der Waals surface area contributed by atoms with Gasteiger partial charge in [-0.15, -0.1) is 10.2 Å². The van der Waals surface area contributed by atoms with Gasteiger partial charge in [0.05, 0.1) is 12.0 Å². The molecular weight excluding hydrogens is 421 g/mol. The molecule has 158 valence electrons. The highest BCUT2D eigenvalue weighted by Crippen LogP contribution is 2.32. The summed E-state index contributed by atoms with van der Waals surface area (Å²) in [6.07, 6.45) is 0.167. The topological polar surface area (TPSA) is 103 Å². The summed E-state index contributed by atoms with van der Waals surface area (Å²) >= 11 is 1.09. The van der Waals surface area contributed by atoms with Crippen LogP contribution in [0.1, 0.15) is 18.2 Å². The maximum Gasteiger partial charge on any atom is 0.433 e. The number of alkyl halides is 3. The van der Waals surface area contributed by atoms with Crippen molar-refractivity contribution in [2.24, 2.45) is 12.1 Å². The van der Waals surface area contributed by atoms with Crippen molar-refractivity contribution in [2.45, 2.75) is 24.8 Å². The molecule has 0 aliphatic carbocycles. The van der Waals surface area contributed by atoms with E-state index in [1.807, 2.05) is 0 Å². The van der Waals surface area contributed by atoms with E-state index in [9.17, 15) is 18.0 Å². The fourth-order valence-electron chi connectivity index (χ4n) is 2.50. The van der Waals surface area contributed by atoms with E-state index in [4.69, 9.17) is 0 Å². The van der Waals surface area contributed by atoms with Gasteiger partial charge < -0.3 is 4.57 Å². The average molecular weight is 438 g/mol. The molecule has 30 heavy (non-hydrogen) atoms. The van der Waals surface area contributed by atoms with Crippen LogP contribution in [0.3, 0.4) is 0 Å². The molecule has 0 radical (unpaired) electrons. The molecule has 13 heteroatoms. The summed E-state index contributed by atoms with van der Waals surface area (Å²) < 4.78 is 41.4. The maximum atomic E-state index is 13.0. The molecule has 0 spiro atoms. The van der Waals surface area contributed by atoms with Crippen LogP contribution >= 0.6 is 11.8 Å². The lowest BCUT2D eigenvalue weighted by atomic mass is 10.3. The molecule has 3 rings (SSSR count). The van der Waals surface area contributed by atoms with Gasteiger partial charge in [0.15, 0.2) is 11.0 Å². The standard InChI is InChI=1S/C17H17F3N8OS/c1-3-28-15(12-8-13(17(18,19)20)27(2)26-12)24-25-16(28)30-10-14(29)23-22-9-11-4-6-21-7-5-11/h4-9H,3,10H2,1-2H3,(H,23,29)/b22-9-. The molecule has 0 bridgehead atoms. The Morgan fingerprint density at radius 1 is 1.30 bits per heavy atom. The van der Waals surface area contributed by atoms with E-state index in [1.165, 1.54) is 13.3 Å². The van der Waals surface area contributed by atoms with Gasteiger partial charge in [0.2, 0.25) is 0 Å². The molecule has 0 aromatic carbocycles. The molecule has 9 nitrogen and oxygen atoms in total. The van der Waals surface area contributed by atoms with Gasteiger partial charge in [0.1, 0.15) is 11.4 Å². The van der Waals surface area contributed by atoms with E-state index in [2.05, 4.69) is 30.8 Å². The molecule has 0 saturated carbocycles. The van der Waals surface area contributed by atoms with Crippen molar-refractivity contribution in [3.8, 4) is 11.5 Å². The number of carbonyl (C=O) groups is 1. The Hall–Kier alpha value is -3.22. The average Bonchev–Trinajstić information content (AvgIpc) is 3.29. The number of hydrogen-bond donors (Lipinski definition) is 1. The summed E-state index contributed by atoms with van der Waals surface area (Å²) in [5.41, 5.74) is 2.34. The van der Waals surface area contributed by atoms with Gasteiger partial charge in [0.25, 0.3) is 5.91 Å².